The second-order valence-electron chi connectivity index (χ2n) is 4.28. The molecule has 0 aliphatic rings. The van der Waals surface area contributed by atoms with Crippen LogP contribution >= 0.6 is 22.9 Å². The van der Waals surface area contributed by atoms with Crippen LogP contribution in [-0.4, -0.2) is 4.98 Å². The summed E-state index contributed by atoms with van der Waals surface area (Å²) in [6.45, 7) is 4.01. The Morgan fingerprint density at radius 1 is 1.30 bits per heavy atom. The van der Waals surface area contributed by atoms with Gasteiger partial charge in [0.25, 0.3) is 0 Å². The van der Waals surface area contributed by atoms with E-state index in [2.05, 4.69) is 10.3 Å². The molecule has 0 saturated heterocycles. The fourth-order valence-corrected chi connectivity index (χ4v) is 2.87. The summed E-state index contributed by atoms with van der Waals surface area (Å²) in [7, 11) is 0. The molecule has 20 heavy (non-hydrogen) atoms. The Bertz CT molecular complexity index is 623. The molecule has 0 atom stereocenters. The first-order chi connectivity index (χ1) is 9.27. The van der Waals surface area contributed by atoms with Gasteiger partial charge in [0.2, 0.25) is 0 Å². The number of rotatable bonds is 3. The van der Waals surface area contributed by atoms with Crippen LogP contribution in [0.3, 0.4) is 0 Å². The van der Waals surface area contributed by atoms with E-state index in [9.17, 15) is 13.2 Å². The summed E-state index contributed by atoms with van der Waals surface area (Å²) in [6, 6.07) is 3.70. The van der Waals surface area contributed by atoms with Gasteiger partial charge in [0.1, 0.15) is 0 Å². The Morgan fingerprint density at radius 2 is 2.00 bits per heavy atom. The Hall–Kier alpha value is -1.27. The van der Waals surface area contributed by atoms with Gasteiger partial charge in [-0.2, -0.15) is 13.2 Å². The van der Waals surface area contributed by atoms with Gasteiger partial charge in [0.15, 0.2) is 0 Å². The lowest BCUT2D eigenvalue weighted by atomic mass is 10.1. The zero-order valence-electron chi connectivity index (χ0n) is 10.8. The maximum Gasteiger partial charge on any atom is 0.418 e. The second-order valence-corrected chi connectivity index (χ2v) is 6.01. The third kappa shape index (κ3) is 3.43. The van der Waals surface area contributed by atoms with Crippen molar-refractivity contribution in [2.24, 2.45) is 0 Å². The first-order valence-corrected chi connectivity index (χ1v) is 7.00. The van der Waals surface area contributed by atoms with E-state index in [1.807, 2.05) is 13.8 Å². The highest BCUT2D eigenvalue weighted by atomic mass is 35.5. The number of anilines is 1. The minimum absolute atomic E-state index is 0.0207. The van der Waals surface area contributed by atoms with Crippen molar-refractivity contribution in [1.82, 2.24) is 4.98 Å². The molecule has 1 aromatic heterocycles. The molecule has 0 saturated carbocycles. The highest BCUT2D eigenvalue weighted by Crippen LogP contribution is 2.36. The van der Waals surface area contributed by atoms with Crippen LogP contribution in [-0.2, 0) is 12.7 Å². The lowest BCUT2D eigenvalue weighted by molar-refractivity contribution is -0.136. The average Bonchev–Trinajstić information content (AvgIpc) is 2.65. The summed E-state index contributed by atoms with van der Waals surface area (Å²) < 4.78 is 38.8. The van der Waals surface area contributed by atoms with E-state index in [0.717, 1.165) is 21.6 Å². The van der Waals surface area contributed by atoms with Gasteiger partial charge in [-0.25, -0.2) is 4.98 Å². The first-order valence-electron chi connectivity index (χ1n) is 5.81. The molecule has 1 N–H and O–H groups in total. The minimum atomic E-state index is -4.44. The van der Waals surface area contributed by atoms with E-state index in [4.69, 9.17) is 11.6 Å². The Balaban J connectivity index is 2.23. The fraction of sp³-hybridized carbons (Fsp3) is 0.308. The molecule has 0 amide bonds. The number of nitrogens with zero attached hydrogens (tertiary/aromatic N) is 1. The number of hydrogen-bond donors (Lipinski definition) is 1. The number of aryl methyl sites for hydroxylation is 2. The summed E-state index contributed by atoms with van der Waals surface area (Å²) in [5, 5.41) is 3.77. The van der Waals surface area contributed by atoms with Crippen LogP contribution in [0.4, 0.5) is 18.9 Å². The average molecular weight is 321 g/mol. The van der Waals surface area contributed by atoms with Gasteiger partial charge in [-0.3, -0.25) is 0 Å². The van der Waals surface area contributed by atoms with Crippen LogP contribution < -0.4 is 5.32 Å². The van der Waals surface area contributed by atoms with Gasteiger partial charge >= 0.3 is 6.18 Å². The van der Waals surface area contributed by atoms with Crippen molar-refractivity contribution in [2.75, 3.05) is 5.32 Å². The van der Waals surface area contributed by atoms with E-state index in [0.29, 0.717) is 6.54 Å². The number of hydrogen-bond acceptors (Lipinski definition) is 3. The smallest absolute Gasteiger partial charge is 0.380 e. The van der Waals surface area contributed by atoms with Crippen LogP contribution in [0.5, 0.6) is 0 Å². The fourth-order valence-electron chi connectivity index (χ4n) is 1.82. The van der Waals surface area contributed by atoms with Gasteiger partial charge in [0, 0.05) is 15.6 Å². The van der Waals surface area contributed by atoms with Crippen molar-refractivity contribution in [1.29, 1.82) is 0 Å². The van der Waals surface area contributed by atoms with Gasteiger partial charge < -0.3 is 5.32 Å². The SMILES string of the molecule is Cc1nc(C)c(CNc2ccc(Cl)cc2C(F)(F)F)s1. The molecule has 7 heteroatoms. The van der Waals surface area contributed by atoms with E-state index in [1.165, 1.54) is 23.5 Å². The maximum atomic E-state index is 12.9. The monoisotopic (exact) mass is 320 g/mol. The van der Waals surface area contributed by atoms with Gasteiger partial charge in [-0.15, -0.1) is 11.3 Å². The molecule has 1 aromatic carbocycles. The molecule has 2 nitrogen and oxygen atoms in total. The number of halogens is 4. The zero-order valence-corrected chi connectivity index (χ0v) is 12.4. The molecule has 108 valence electrons. The third-order valence-corrected chi connectivity index (χ3v) is 4.03. The summed E-state index contributed by atoms with van der Waals surface area (Å²) >= 11 is 7.10. The van der Waals surface area contributed by atoms with Crippen LogP contribution in [0.1, 0.15) is 21.1 Å². The molecule has 0 bridgehead atoms. The summed E-state index contributed by atoms with van der Waals surface area (Å²) in [4.78, 5) is 5.17. The maximum absolute atomic E-state index is 12.9. The standard InChI is InChI=1S/C13H12ClF3N2S/c1-7-12(20-8(2)19-7)6-18-11-4-3-9(14)5-10(11)13(15,16)17/h3-5,18H,6H2,1-2H3. The molecule has 2 aromatic rings. The van der Waals surface area contributed by atoms with Gasteiger partial charge in [-0.05, 0) is 32.0 Å². The van der Waals surface area contributed by atoms with E-state index >= 15 is 0 Å². The zero-order chi connectivity index (χ0) is 14.9. The van der Waals surface area contributed by atoms with Crippen LogP contribution in [0, 0.1) is 13.8 Å². The van der Waals surface area contributed by atoms with Gasteiger partial charge in [-0.1, -0.05) is 11.6 Å². The summed E-state index contributed by atoms with van der Waals surface area (Å²) in [5.74, 6) is 0. The van der Waals surface area contributed by atoms with Crippen molar-refractivity contribution in [3.8, 4) is 0 Å². The third-order valence-electron chi connectivity index (χ3n) is 2.73. The Labute approximate surface area is 123 Å². The second kappa shape index (κ2) is 5.61. The van der Waals surface area contributed by atoms with E-state index in [-0.39, 0.29) is 10.7 Å². The predicted octanol–water partition coefficient (Wildman–Crippen LogP) is 5.04. The lowest BCUT2D eigenvalue weighted by Gasteiger charge is -2.14. The number of benzene rings is 1. The Kier molecular flexibility index (Phi) is 4.25. The molecular formula is C13H12ClF3N2S. The molecule has 2 rings (SSSR count). The quantitative estimate of drug-likeness (QED) is 0.856. The van der Waals surface area contributed by atoms with Crippen molar-refractivity contribution < 1.29 is 13.2 Å². The van der Waals surface area contributed by atoms with Crippen molar-refractivity contribution >= 4 is 28.6 Å². The Morgan fingerprint density at radius 3 is 2.55 bits per heavy atom. The van der Waals surface area contributed by atoms with Crippen molar-refractivity contribution in [3.05, 3.63) is 44.4 Å². The lowest BCUT2D eigenvalue weighted by Crippen LogP contribution is -2.10. The van der Waals surface area contributed by atoms with E-state index < -0.39 is 11.7 Å². The predicted molar refractivity (Wildman–Crippen MR) is 75.4 cm³/mol. The highest BCUT2D eigenvalue weighted by molar-refractivity contribution is 7.11. The molecule has 0 radical (unpaired) electrons. The van der Waals surface area contributed by atoms with Crippen molar-refractivity contribution in [2.45, 2.75) is 26.6 Å². The molecule has 0 aliphatic heterocycles. The van der Waals surface area contributed by atoms with E-state index in [1.54, 1.807) is 0 Å². The number of alkyl halides is 3. The number of aromatic nitrogens is 1. The largest absolute Gasteiger partial charge is 0.418 e. The number of nitrogens with one attached hydrogen (secondary N) is 1. The van der Waals surface area contributed by atoms with Crippen LogP contribution in [0.15, 0.2) is 18.2 Å². The molecule has 0 aliphatic carbocycles. The molecule has 1 heterocycles. The summed E-state index contributed by atoms with van der Waals surface area (Å²) in [6.07, 6.45) is -4.44. The van der Waals surface area contributed by atoms with Crippen LogP contribution in [0.25, 0.3) is 0 Å². The highest BCUT2D eigenvalue weighted by Gasteiger charge is 2.33. The molecular weight excluding hydrogens is 309 g/mol. The van der Waals surface area contributed by atoms with Gasteiger partial charge in [0.05, 0.1) is 22.8 Å². The first kappa shape index (κ1) is 15.1. The van der Waals surface area contributed by atoms with Crippen molar-refractivity contribution in [3.63, 3.8) is 0 Å². The topological polar surface area (TPSA) is 24.9 Å². The minimum Gasteiger partial charge on any atom is -0.380 e. The number of thiazole rings is 1. The molecule has 0 unspecified atom stereocenters. The molecule has 0 spiro atoms. The van der Waals surface area contributed by atoms with Crippen LogP contribution in [0.2, 0.25) is 5.02 Å². The summed E-state index contributed by atoms with van der Waals surface area (Å²) in [5.41, 5.74) is 0.0961. The normalized spacial score (nSPS) is 11.7. The molecule has 0 fully saturated rings.